The largest absolute Gasteiger partial charge is 0.368 e. The van der Waals surface area contributed by atoms with E-state index in [2.05, 4.69) is 30.0 Å². The van der Waals surface area contributed by atoms with Crippen molar-refractivity contribution in [2.45, 2.75) is 45.8 Å². The van der Waals surface area contributed by atoms with E-state index in [1.165, 1.54) is 11.1 Å². The van der Waals surface area contributed by atoms with Crippen LogP contribution in [0.1, 0.15) is 47.5 Å². The molecular formula is C20H22N6O2. The van der Waals surface area contributed by atoms with E-state index in [1.54, 1.807) is 6.20 Å². The fourth-order valence-electron chi connectivity index (χ4n) is 4.00. The maximum absolute atomic E-state index is 5.67. The van der Waals surface area contributed by atoms with Crippen molar-refractivity contribution in [3.05, 3.63) is 47.0 Å². The van der Waals surface area contributed by atoms with Crippen molar-refractivity contribution < 1.29 is 9.26 Å². The minimum absolute atomic E-state index is 0.0782. The van der Waals surface area contributed by atoms with Crippen LogP contribution in [0.25, 0.3) is 11.4 Å². The summed E-state index contributed by atoms with van der Waals surface area (Å²) >= 11 is 0. The van der Waals surface area contributed by atoms with Gasteiger partial charge in [0.25, 0.3) is 5.89 Å². The smallest absolute Gasteiger partial charge is 0.256 e. The molecule has 144 valence electrons. The number of hydrogen-bond acceptors (Lipinski definition) is 8. The number of nitrogens with zero attached hydrogens (tertiary/aromatic N) is 6. The highest BCUT2D eigenvalue weighted by Crippen LogP contribution is 2.34. The number of aromatic nitrogens is 5. The van der Waals surface area contributed by atoms with Crippen LogP contribution >= 0.6 is 0 Å². The fraction of sp³-hybridized carbons (Fsp3) is 0.450. The lowest BCUT2D eigenvalue weighted by Gasteiger charge is -2.30. The monoisotopic (exact) mass is 378 g/mol. The summed E-state index contributed by atoms with van der Waals surface area (Å²) in [5, 5.41) is 4.25. The Morgan fingerprint density at radius 2 is 2.11 bits per heavy atom. The Morgan fingerprint density at radius 1 is 1.18 bits per heavy atom. The third-order valence-corrected chi connectivity index (χ3v) is 5.41. The molecule has 0 N–H and O–H groups in total. The normalized spacial score (nSPS) is 19.1. The molecule has 2 aliphatic rings. The number of hydrogen-bond donors (Lipinski definition) is 0. The van der Waals surface area contributed by atoms with Gasteiger partial charge in [0.05, 0.1) is 0 Å². The quantitative estimate of drug-likeness (QED) is 0.687. The Labute approximate surface area is 163 Å². The second-order valence-corrected chi connectivity index (χ2v) is 7.31. The van der Waals surface area contributed by atoms with Crippen LogP contribution in [0.15, 0.2) is 23.0 Å². The molecule has 0 amide bonds. The SMILES string of the molecule is Cc1nccc(N2CCc3c(cnc(C)c3-c3noc([C@H]4CCCO4)n3)C2)n1. The molecule has 8 nitrogen and oxygen atoms in total. The van der Waals surface area contributed by atoms with Crippen molar-refractivity contribution in [3.8, 4) is 11.4 Å². The van der Waals surface area contributed by atoms with E-state index in [4.69, 9.17) is 9.26 Å². The topological polar surface area (TPSA) is 90.1 Å². The molecule has 5 rings (SSSR count). The van der Waals surface area contributed by atoms with Gasteiger partial charge in [-0.1, -0.05) is 5.16 Å². The molecule has 1 saturated heterocycles. The van der Waals surface area contributed by atoms with Crippen LogP contribution in [0.5, 0.6) is 0 Å². The average molecular weight is 378 g/mol. The van der Waals surface area contributed by atoms with Gasteiger partial charge in [-0.25, -0.2) is 9.97 Å². The molecule has 0 radical (unpaired) electrons. The lowest BCUT2D eigenvalue weighted by molar-refractivity contribution is 0.0835. The predicted molar refractivity (Wildman–Crippen MR) is 102 cm³/mol. The number of rotatable bonds is 3. The van der Waals surface area contributed by atoms with E-state index in [9.17, 15) is 0 Å². The van der Waals surface area contributed by atoms with Crippen LogP contribution in [0.4, 0.5) is 5.82 Å². The van der Waals surface area contributed by atoms with Crippen molar-refractivity contribution in [3.63, 3.8) is 0 Å². The molecule has 0 aromatic carbocycles. The molecular weight excluding hydrogens is 356 g/mol. The summed E-state index contributed by atoms with van der Waals surface area (Å²) in [6.07, 6.45) is 6.51. The molecule has 5 heterocycles. The lowest BCUT2D eigenvalue weighted by atomic mass is 9.94. The Hall–Kier alpha value is -2.87. The molecule has 0 bridgehead atoms. The highest BCUT2D eigenvalue weighted by Gasteiger charge is 2.28. The van der Waals surface area contributed by atoms with Gasteiger partial charge in [-0.05, 0) is 50.3 Å². The molecule has 0 spiro atoms. The average Bonchev–Trinajstić information content (AvgIpc) is 3.39. The van der Waals surface area contributed by atoms with E-state index < -0.39 is 0 Å². The van der Waals surface area contributed by atoms with Gasteiger partial charge in [0.15, 0.2) is 0 Å². The third kappa shape index (κ3) is 3.03. The first-order valence-corrected chi connectivity index (χ1v) is 9.66. The van der Waals surface area contributed by atoms with Crippen LogP contribution in [-0.4, -0.2) is 38.2 Å². The van der Waals surface area contributed by atoms with Crippen molar-refractivity contribution in [2.24, 2.45) is 0 Å². The van der Waals surface area contributed by atoms with E-state index in [-0.39, 0.29) is 6.10 Å². The molecule has 3 aromatic heterocycles. The maximum Gasteiger partial charge on any atom is 0.256 e. The van der Waals surface area contributed by atoms with Gasteiger partial charge in [0.2, 0.25) is 5.82 Å². The summed E-state index contributed by atoms with van der Waals surface area (Å²) in [7, 11) is 0. The summed E-state index contributed by atoms with van der Waals surface area (Å²) < 4.78 is 11.2. The first-order chi connectivity index (χ1) is 13.7. The van der Waals surface area contributed by atoms with Gasteiger partial charge in [-0.3, -0.25) is 4.98 Å². The third-order valence-electron chi connectivity index (χ3n) is 5.41. The second-order valence-electron chi connectivity index (χ2n) is 7.31. The summed E-state index contributed by atoms with van der Waals surface area (Å²) in [6, 6.07) is 1.95. The molecule has 3 aromatic rings. The second kappa shape index (κ2) is 6.94. The Kier molecular flexibility index (Phi) is 4.27. The van der Waals surface area contributed by atoms with Crippen LogP contribution < -0.4 is 4.90 Å². The Bertz CT molecular complexity index is 1010. The van der Waals surface area contributed by atoms with Gasteiger partial charge in [0.1, 0.15) is 17.7 Å². The highest BCUT2D eigenvalue weighted by atomic mass is 16.5. The predicted octanol–water partition coefficient (Wildman–Crippen LogP) is 2.95. The van der Waals surface area contributed by atoms with Crippen LogP contribution in [-0.2, 0) is 17.7 Å². The van der Waals surface area contributed by atoms with Crippen LogP contribution in [0, 0.1) is 13.8 Å². The molecule has 0 unspecified atom stereocenters. The van der Waals surface area contributed by atoms with E-state index in [1.807, 2.05) is 26.1 Å². The van der Waals surface area contributed by atoms with E-state index in [0.29, 0.717) is 11.7 Å². The van der Waals surface area contributed by atoms with Crippen LogP contribution in [0.2, 0.25) is 0 Å². The summed E-state index contributed by atoms with van der Waals surface area (Å²) in [4.78, 5) is 20.3. The molecule has 8 heteroatoms. The first-order valence-electron chi connectivity index (χ1n) is 9.66. The van der Waals surface area contributed by atoms with Crippen LogP contribution in [0.3, 0.4) is 0 Å². The minimum atomic E-state index is -0.0782. The highest BCUT2D eigenvalue weighted by molar-refractivity contribution is 5.65. The molecule has 0 saturated carbocycles. The van der Waals surface area contributed by atoms with Crippen molar-refractivity contribution in [1.82, 2.24) is 25.1 Å². The van der Waals surface area contributed by atoms with E-state index >= 15 is 0 Å². The van der Waals surface area contributed by atoms with Gasteiger partial charge >= 0.3 is 0 Å². The van der Waals surface area contributed by atoms with Crippen molar-refractivity contribution in [2.75, 3.05) is 18.1 Å². The van der Waals surface area contributed by atoms with Gasteiger partial charge in [-0.15, -0.1) is 0 Å². The maximum atomic E-state index is 5.67. The number of anilines is 1. The zero-order chi connectivity index (χ0) is 19.1. The summed E-state index contributed by atoms with van der Waals surface area (Å²) in [5.74, 6) is 2.90. The number of fused-ring (bicyclic) bond motifs is 1. The number of ether oxygens (including phenoxy) is 1. The molecule has 2 aliphatic heterocycles. The molecule has 28 heavy (non-hydrogen) atoms. The molecule has 0 aliphatic carbocycles. The van der Waals surface area contributed by atoms with Gasteiger partial charge in [0, 0.05) is 43.3 Å². The zero-order valence-corrected chi connectivity index (χ0v) is 16.1. The van der Waals surface area contributed by atoms with Crippen molar-refractivity contribution in [1.29, 1.82) is 0 Å². The summed E-state index contributed by atoms with van der Waals surface area (Å²) in [6.45, 7) is 6.28. The molecule has 1 atom stereocenters. The number of pyridine rings is 1. The standard InChI is InChI=1S/C20H22N6O2/c1-12-18(19-24-20(28-25-19)16-4-3-9-27-16)15-6-8-26(11-14(15)10-22-12)17-5-7-21-13(2)23-17/h5,7,10,16H,3-4,6,8-9,11H2,1-2H3/t16-/m1/s1. The Balaban J connectivity index is 1.48. The summed E-state index contributed by atoms with van der Waals surface area (Å²) in [5.41, 5.74) is 4.33. The Morgan fingerprint density at radius 3 is 2.93 bits per heavy atom. The zero-order valence-electron chi connectivity index (χ0n) is 16.1. The van der Waals surface area contributed by atoms with E-state index in [0.717, 1.165) is 61.9 Å². The van der Waals surface area contributed by atoms with Gasteiger partial charge < -0.3 is 14.2 Å². The number of aryl methyl sites for hydroxylation is 2. The van der Waals surface area contributed by atoms with Gasteiger partial charge in [-0.2, -0.15) is 4.98 Å². The fourth-order valence-corrected chi connectivity index (χ4v) is 4.00. The minimum Gasteiger partial charge on any atom is -0.368 e. The molecule has 1 fully saturated rings. The first kappa shape index (κ1) is 17.2. The lowest BCUT2D eigenvalue weighted by Crippen LogP contribution is -2.32. The van der Waals surface area contributed by atoms with Crippen molar-refractivity contribution >= 4 is 5.82 Å².